The van der Waals surface area contributed by atoms with E-state index in [0.717, 1.165) is 38.0 Å². The van der Waals surface area contributed by atoms with Gasteiger partial charge in [-0.1, -0.05) is 265 Å². The van der Waals surface area contributed by atoms with Crippen molar-refractivity contribution < 1.29 is 20.1 Å². The summed E-state index contributed by atoms with van der Waals surface area (Å²) < 4.78 is 0. The van der Waals surface area contributed by atoms with Crippen molar-refractivity contribution in [1.82, 2.24) is 5.32 Å². The summed E-state index contributed by atoms with van der Waals surface area (Å²) in [5.74, 6) is 0.762. The molecule has 5 nitrogen and oxygen atoms in total. The normalized spacial score (nSPS) is 13.9. The van der Waals surface area contributed by atoms with E-state index >= 15 is 0 Å². The Morgan fingerprint density at radius 3 is 1.04 bits per heavy atom. The standard InChI is InChI=1S/C50H101NO4/c1-4-6-7-8-9-10-11-12-13-14-15-16-17-18-19-20-21-26-29-32-35-38-41-44-49(54)51-47(45-52)50(55)48(53)43-40-37-34-31-28-25-23-22-24-27-30-33-36-39-42-46(3)5-2/h46-48,50,52-53,55H,4-45H2,1-3H3,(H,51,54)/t46?,47-,48+,50-/m0/s1. The molecular weight excluding hydrogens is 679 g/mol. The van der Waals surface area contributed by atoms with Crippen LogP contribution in [-0.2, 0) is 4.79 Å². The van der Waals surface area contributed by atoms with Crippen LogP contribution in [0, 0.1) is 5.92 Å². The van der Waals surface area contributed by atoms with Gasteiger partial charge in [0.25, 0.3) is 0 Å². The molecule has 0 fully saturated rings. The molecule has 55 heavy (non-hydrogen) atoms. The van der Waals surface area contributed by atoms with Crippen molar-refractivity contribution in [2.75, 3.05) is 6.61 Å². The Hall–Kier alpha value is -0.650. The summed E-state index contributed by atoms with van der Waals surface area (Å²) in [6.45, 7) is 6.60. The van der Waals surface area contributed by atoms with Crippen LogP contribution in [-0.4, -0.2) is 46.1 Å². The molecular formula is C50H101NO4. The van der Waals surface area contributed by atoms with Crippen LogP contribution in [0.1, 0.15) is 284 Å². The minimum absolute atomic E-state index is 0.138. The predicted octanol–water partition coefficient (Wildman–Crippen LogP) is 14.9. The lowest BCUT2D eigenvalue weighted by Crippen LogP contribution is -2.50. The van der Waals surface area contributed by atoms with Crippen LogP contribution in [0.3, 0.4) is 0 Å². The van der Waals surface area contributed by atoms with Crippen LogP contribution in [0.25, 0.3) is 0 Å². The minimum atomic E-state index is -1.13. The Bertz CT molecular complexity index is 747. The molecule has 1 unspecified atom stereocenters. The predicted molar refractivity (Wildman–Crippen MR) is 241 cm³/mol. The number of hydrogen-bond acceptors (Lipinski definition) is 4. The van der Waals surface area contributed by atoms with Gasteiger partial charge in [0.1, 0.15) is 6.10 Å². The fraction of sp³-hybridized carbons (Fsp3) is 0.980. The molecule has 0 aliphatic carbocycles. The first-order valence-corrected chi connectivity index (χ1v) is 25.2. The third-order valence-electron chi connectivity index (χ3n) is 12.5. The van der Waals surface area contributed by atoms with Gasteiger partial charge in [0.15, 0.2) is 0 Å². The number of amides is 1. The number of carbonyl (C=O) groups is 1. The van der Waals surface area contributed by atoms with Gasteiger partial charge in [0, 0.05) is 6.42 Å². The first-order valence-electron chi connectivity index (χ1n) is 25.2. The van der Waals surface area contributed by atoms with Crippen molar-refractivity contribution in [3.8, 4) is 0 Å². The largest absolute Gasteiger partial charge is 0.394 e. The van der Waals surface area contributed by atoms with Gasteiger partial charge in [0.05, 0.1) is 18.8 Å². The smallest absolute Gasteiger partial charge is 0.220 e. The Balaban J connectivity index is 3.54. The number of nitrogens with one attached hydrogen (secondary N) is 1. The molecule has 4 N–H and O–H groups in total. The number of hydrogen-bond donors (Lipinski definition) is 4. The molecule has 0 saturated heterocycles. The fourth-order valence-corrected chi connectivity index (χ4v) is 8.20. The van der Waals surface area contributed by atoms with Crippen molar-refractivity contribution in [3.05, 3.63) is 0 Å². The first kappa shape index (κ1) is 54.3. The molecule has 0 aliphatic rings. The van der Waals surface area contributed by atoms with Crippen molar-refractivity contribution >= 4 is 5.91 Å². The topological polar surface area (TPSA) is 89.8 Å². The summed E-state index contributed by atoms with van der Waals surface area (Å²) in [6.07, 6.45) is 50.8. The van der Waals surface area contributed by atoms with E-state index in [0.29, 0.717) is 12.8 Å². The molecule has 0 saturated carbocycles. The Morgan fingerprint density at radius 1 is 0.436 bits per heavy atom. The maximum atomic E-state index is 12.5. The number of unbranched alkanes of at least 4 members (excludes halogenated alkanes) is 35. The highest BCUT2D eigenvalue weighted by Crippen LogP contribution is 2.18. The third kappa shape index (κ3) is 39.9. The molecule has 0 aromatic heterocycles. The van der Waals surface area contributed by atoms with Gasteiger partial charge >= 0.3 is 0 Å². The molecule has 0 aromatic carbocycles. The summed E-state index contributed by atoms with van der Waals surface area (Å²) >= 11 is 0. The zero-order valence-electron chi connectivity index (χ0n) is 37.8. The van der Waals surface area contributed by atoms with Crippen LogP contribution >= 0.6 is 0 Å². The van der Waals surface area contributed by atoms with E-state index in [1.54, 1.807) is 0 Å². The molecule has 1 amide bonds. The fourth-order valence-electron chi connectivity index (χ4n) is 8.20. The molecule has 0 bridgehead atoms. The highest BCUT2D eigenvalue weighted by atomic mass is 16.3. The second-order valence-corrected chi connectivity index (χ2v) is 18.0. The van der Waals surface area contributed by atoms with E-state index in [9.17, 15) is 20.1 Å². The molecule has 0 aromatic rings. The average molecular weight is 780 g/mol. The number of aliphatic hydroxyl groups is 3. The lowest BCUT2D eigenvalue weighted by atomic mass is 9.99. The lowest BCUT2D eigenvalue weighted by molar-refractivity contribution is -0.124. The molecule has 0 aliphatic heterocycles. The van der Waals surface area contributed by atoms with E-state index in [1.165, 1.54) is 218 Å². The number of aliphatic hydroxyl groups excluding tert-OH is 3. The van der Waals surface area contributed by atoms with Crippen LogP contribution in [0.2, 0.25) is 0 Å². The summed E-state index contributed by atoms with van der Waals surface area (Å²) in [5, 5.41) is 33.7. The molecule has 0 radical (unpaired) electrons. The summed E-state index contributed by atoms with van der Waals surface area (Å²) in [6, 6.07) is -0.804. The zero-order chi connectivity index (χ0) is 40.3. The minimum Gasteiger partial charge on any atom is -0.394 e. The quantitative estimate of drug-likeness (QED) is 0.0463. The van der Waals surface area contributed by atoms with Crippen molar-refractivity contribution in [1.29, 1.82) is 0 Å². The summed E-state index contributed by atoms with van der Waals surface area (Å²) in [7, 11) is 0. The zero-order valence-corrected chi connectivity index (χ0v) is 37.8. The number of rotatable bonds is 46. The molecule has 330 valence electrons. The Kier molecular flexibility index (Phi) is 43.9. The third-order valence-corrected chi connectivity index (χ3v) is 12.5. The maximum absolute atomic E-state index is 12.5. The second kappa shape index (κ2) is 44.5. The van der Waals surface area contributed by atoms with Crippen molar-refractivity contribution in [2.45, 2.75) is 302 Å². The molecule has 5 heteroatoms. The van der Waals surface area contributed by atoms with Crippen LogP contribution in [0.4, 0.5) is 0 Å². The average Bonchev–Trinajstić information content (AvgIpc) is 3.19. The number of carbonyl (C=O) groups excluding carboxylic acids is 1. The molecule has 4 atom stereocenters. The van der Waals surface area contributed by atoms with E-state index in [1.807, 2.05) is 0 Å². The van der Waals surface area contributed by atoms with E-state index in [4.69, 9.17) is 0 Å². The van der Waals surface area contributed by atoms with Gasteiger partial charge in [-0.3, -0.25) is 4.79 Å². The highest BCUT2D eigenvalue weighted by molar-refractivity contribution is 5.76. The van der Waals surface area contributed by atoms with Gasteiger partial charge in [-0.05, 0) is 18.8 Å². The van der Waals surface area contributed by atoms with Gasteiger partial charge < -0.3 is 20.6 Å². The SMILES string of the molecule is CCCCCCCCCCCCCCCCCCCCCCCCCC(=O)N[C@@H](CO)[C@H](O)[C@H](O)CCCCCCCCCCCCCCCCC(C)CC. The molecule has 0 rings (SSSR count). The highest BCUT2D eigenvalue weighted by Gasteiger charge is 2.26. The Morgan fingerprint density at radius 2 is 0.727 bits per heavy atom. The van der Waals surface area contributed by atoms with Crippen LogP contribution in [0.15, 0.2) is 0 Å². The first-order chi connectivity index (χ1) is 27.0. The summed E-state index contributed by atoms with van der Waals surface area (Å²) in [5.41, 5.74) is 0. The van der Waals surface area contributed by atoms with Gasteiger partial charge in [0.2, 0.25) is 5.91 Å². The van der Waals surface area contributed by atoms with E-state index < -0.39 is 18.2 Å². The van der Waals surface area contributed by atoms with E-state index in [-0.39, 0.29) is 12.5 Å². The molecule has 0 heterocycles. The maximum Gasteiger partial charge on any atom is 0.220 e. The van der Waals surface area contributed by atoms with Gasteiger partial charge in [-0.25, -0.2) is 0 Å². The van der Waals surface area contributed by atoms with Crippen LogP contribution < -0.4 is 5.32 Å². The van der Waals surface area contributed by atoms with Gasteiger partial charge in [-0.2, -0.15) is 0 Å². The summed E-state index contributed by atoms with van der Waals surface area (Å²) in [4.78, 5) is 12.5. The second-order valence-electron chi connectivity index (χ2n) is 18.0. The van der Waals surface area contributed by atoms with Crippen LogP contribution in [0.5, 0.6) is 0 Å². The Labute approximate surface area is 345 Å². The van der Waals surface area contributed by atoms with E-state index in [2.05, 4.69) is 26.1 Å². The monoisotopic (exact) mass is 780 g/mol. The van der Waals surface area contributed by atoms with Crippen molar-refractivity contribution in [3.63, 3.8) is 0 Å². The van der Waals surface area contributed by atoms with Gasteiger partial charge in [-0.15, -0.1) is 0 Å². The molecule has 0 spiro atoms. The lowest BCUT2D eigenvalue weighted by Gasteiger charge is -2.26. The van der Waals surface area contributed by atoms with Crippen molar-refractivity contribution in [2.24, 2.45) is 5.92 Å².